The number of nitrogens with zero attached hydrogens (tertiary/aromatic N) is 5. The summed E-state index contributed by atoms with van der Waals surface area (Å²) in [4.78, 5) is 51.5. The van der Waals surface area contributed by atoms with Crippen molar-refractivity contribution in [3.05, 3.63) is 59.7 Å². The number of unbranched alkanes of at least 4 members (excludes halogenated alkanes) is 4. The molecule has 1 heterocycles. The quantitative estimate of drug-likeness (QED) is 0.233. The van der Waals surface area contributed by atoms with Gasteiger partial charge in [-0.15, -0.1) is 0 Å². The molecule has 1 saturated heterocycles. The summed E-state index contributed by atoms with van der Waals surface area (Å²) in [6.45, 7) is 12.0. The van der Waals surface area contributed by atoms with Crippen LogP contribution in [0.5, 0.6) is 0 Å². The van der Waals surface area contributed by atoms with Crippen LogP contribution >= 0.6 is 0 Å². The lowest BCUT2D eigenvalue weighted by Gasteiger charge is -2.43. The van der Waals surface area contributed by atoms with E-state index in [0.717, 1.165) is 74.0 Å². The monoisotopic (exact) mass is 620 g/mol. The Kier molecular flexibility index (Phi) is 14.7. The molecule has 9 nitrogen and oxygen atoms in total. The molecule has 248 valence electrons. The second kappa shape index (κ2) is 18.4. The highest BCUT2D eigenvalue weighted by atomic mass is 16.2. The molecule has 1 atom stereocenters. The Bertz CT molecular complexity index is 1190. The van der Waals surface area contributed by atoms with Crippen molar-refractivity contribution >= 4 is 29.3 Å². The van der Waals surface area contributed by atoms with Crippen molar-refractivity contribution in [1.29, 1.82) is 0 Å². The van der Waals surface area contributed by atoms with Crippen molar-refractivity contribution in [1.82, 2.24) is 24.9 Å². The summed E-state index contributed by atoms with van der Waals surface area (Å²) in [5, 5.41) is 3.07. The van der Waals surface area contributed by atoms with E-state index < -0.39 is 6.04 Å². The number of carbonyl (C=O) groups is 3. The molecule has 45 heavy (non-hydrogen) atoms. The third kappa shape index (κ3) is 10.8. The number of amides is 5. The van der Waals surface area contributed by atoms with Crippen LogP contribution in [0, 0.1) is 13.8 Å². The Morgan fingerprint density at radius 1 is 0.778 bits per heavy atom. The normalized spacial score (nSPS) is 14.9. The Morgan fingerprint density at radius 2 is 1.40 bits per heavy atom. The highest BCUT2D eigenvalue weighted by Crippen LogP contribution is 2.30. The van der Waals surface area contributed by atoms with Gasteiger partial charge in [0, 0.05) is 32.7 Å². The van der Waals surface area contributed by atoms with Gasteiger partial charge in [-0.05, 0) is 89.1 Å². The van der Waals surface area contributed by atoms with Crippen molar-refractivity contribution in [3.8, 4) is 0 Å². The molecule has 0 aliphatic carbocycles. The minimum Gasteiger partial charge on any atom is -0.354 e. The van der Waals surface area contributed by atoms with E-state index in [9.17, 15) is 14.4 Å². The van der Waals surface area contributed by atoms with Gasteiger partial charge >= 0.3 is 12.1 Å². The summed E-state index contributed by atoms with van der Waals surface area (Å²) < 4.78 is 0. The van der Waals surface area contributed by atoms with E-state index in [2.05, 4.69) is 30.1 Å². The molecule has 0 radical (unpaired) electrons. The van der Waals surface area contributed by atoms with E-state index in [1.165, 1.54) is 0 Å². The van der Waals surface area contributed by atoms with Crippen molar-refractivity contribution in [2.75, 3.05) is 64.8 Å². The lowest BCUT2D eigenvalue weighted by Crippen LogP contribution is -2.64. The molecule has 2 aromatic rings. The standard InChI is InChI=1S/C36H56N6O3/c1-7-9-14-21-39(22-15-10-8-2)35(44)40-23-24-41(33(28-40)34(43)37-19-16-20-38(5)6)36(45)42(31-17-12-11-13-18-31)32-26-29(3)25-30(4)27-32/h11-13,17-18,25-27,33H,7-10,14-16,19-24,28H2,1-6H3,(H,37,43). The van der Waals surface area contributed by atoms with Crippen LogP contribution in [0.3, 0.4) is 0 Å². The molecular weight excluding hydrogens is 564 g/mol. The summed E-state index contributed by atoms with van der Waals surface area (Å²) in [6, 6.07) is 14.5. The van der Waals surface area contributed by atoms with Gasteiger partial charge in [0.15, 0.2) is 0 Å². The number of anilines is 2. The molecule has 9 heteroatoms. The molecule has 1 unspecified atom stereocenters. The van der Waals surface area contributed by atoms with E-state index in [-0.39, 0.29) is 31.1 Å². The van der Waals surface area contributed by atoms with E-state index in [0.29, 0.717) is 26.2 Å². The van der Waals surface area contributed by atoms with Gasteiger partial charge < -0.3 is 24.9 Å². The third-order valence-electron chi connectivity index (χ3n) is 8.28. The molecule has 5 amide bonds. The van der Waals surface area contributed by atoms with Gasteiger partial charge in [0.1, 0.15) is 6.04 Å². The Morgan fingerprint density at radius 3 is 1.98 bits per heavy atom. The fourth-order valence-corrected chi connectivity index (χ4v) is 5.90. The van der Waals surface area contributed by atoms with Gasteiger partial charge in [0.05, 0.1) is 17.9 Å². The van der Waals surface area contributed by atoms with Crippen molar-refractivity contribution in [2.45, 2.75) is 78.7 Å². The second-order valence-electron chi connectivity index (χ2n) is 12.6. The number of rotatable bonds is 15. The van der Waals surface area contributed by atoms with Gasteiger partial charge in [-0.1, -0.05) is 63.8 Å². The van der Waals surface area contributed by atoms with E-state index in [1.807, 2.05) is 75.3 Å². The van der Waals surface area contributed by atoms with Crippen LogP contribution in [-0.4, -0.2) is 104 Å². The first kappa shape index (κ1) is 35.9. The molecule has 1 N–H and O–H groups in total. The summed E-state index contributed by atoms with van der Waals surface area (Å²) in [6.07, 6.45) is 7.05. The van der Waals surface area contributed by atoms with Gasteiger partial charge in [0.2, 0.25) is 5.91 Å². The minimum absolute atomic E-state index is 0.0334. The average Bonchev–Trinajstić information content (AvgIpc) is 3.02. The maximum Gasteiger partial charge on any atom is 0.329 e. The average molecular weight is 621 g/mol. The van der Waals surface area contributed by atoms with Crippen molar-refractivity contribution in [3.63, 3.8) is 0 Å². The lowest BCUT2D eigenvalue weighted by atomic mass is 10.1. The number of benzene rings is 2. The molecule has 1 aliphatic heterocycles. The number of para-hydroxylation sites is 1. The highest BCUT2D eigenvalue weighted by molar-refractivity contribution is 6.02. The van der Waals surface area contributed by atoms with Crippen molar-refractivity contribution in [2.24, 2.45) is 0 Å². The number of carbonyl (C=O) groups excluding carboxylic acids is 3. The lowest BCUT2D eigenvalue weighted by molar-refractivity contribution is -0.127. The Balaban J connectivity index is 1.91. The zero-order valence-corrected chi connectivity index (χ0v) is 28.6. The number of urea groups is 2. The van der Waals surface area contributed by atoms with E-state index >= 15 is 0 Å². The Hall–Kier alpha value is -3.59. The molecule has 0 bridgehead atoms. The fourth-order valence-electron chi connectivity index (χ4n) is 5.90. The molecule has 1 aliphatic rings. The van der Waals surface area contributed by atoms with Crippen molar-refractivity contribution < 1.29 is 14.4 Å². The van der Waals surface area contributed by atoms with Gasteiger partial charge in [-0.2, -0.15) is 0 Å². The first-order valence-corrected chi connectivity index (χ1v) is 16.9. The van der Waals surface area contributed by atoms with E-state index in [4.69, 9.17) is 0 Å². The number of piperazine rings is 1. The van der Waals surface area contributed by atoms with Gasteiger partial charge in [0.25, 0.3) is 0 Å². The summed E-state index contributed by atoms with van der Waals surface area (Å²) >= 11 is 0. The zero-order valence-electron chi connectivity index (χ0n) is 28.6. The Labute approximate surface area is 271 Å². The maximum absolute atomic E-state index is 14.6. The second-order valence-corrected chi connectivity index (χ2v) is 12.6. The minimum atomic E-state index is -0.806. The number of hydrogen-bond acceptors (Lipinski definition) is 4. The van der Waals surface area contributed by atoms with Gasteiger partial charge in [-0.25, -0.2) is 9.59 Å². The molecule has 2 aromatic carbocycles. The molecule has 0 aromatic heterocycles. The predicted octanol–water partition coefficient (Wildman–Crippen LogP) is 6.42. The number of aryl methyl sites for hydroxylation is 2. The van der Waals surface area contributed by atoms with Crippen LogP contribution in [0.2, 0.25) is 0 Å². The summed E-state index contributed by atoms with van der Waals surface area (Å²) in [5.74, 6) is -0.225. The van der Waals surface area contributed by atoms with Crippen LogP contribution < -0.4 is 10.2 Å². The first-order valence-electron chi connectivity index (χ1n) is 16.9. The molecule has 0 saturated carbocycles. The zero-order chi connectivity index (χ0) is 32.8. The first-order chi connectivity index (χ1) is 21.7. The molecule has 0 spiro atoms. The van der Waals surface area contributed by atoms with Crippen LogP contribution in [0.4, 0.5) is 21.0 Å². The number of nitrogens with one attached hydrogen (secondary N) is 1. The predicted molar refractivity (Wildman–Crippen MR) is 184 cm³/mol. The maximum atomic E-state index is 14.6. The third-order valence-corrected chi connectivity index (χ3v) is 8.28. The number of hydrogen-bond donors (Lipinski definition) is 1. The highest BCUT2D eigenvalue weighted by Gasteiger charge is 2.40. The smallest absolute Gasteiger partial charge is 0.329 e. The summed E-state index contributed by atoms with van der Waals surface area (Å²) in [5.41, 5.74) is 3.59. The SMILES string of the molecule is CCCCCN(CCCCC)C(=O)N1CCN(C(=O)N(c2ccccc2)c2cc(C)cc(C)c2)C(C(=O)NCCCN(C)C)C1. The van der Waals surface area contributed by atoms with Gasteiger partial charge in [-0.3, -0.25) is 9.69 Å². The molecule has 3 rings (SSSR count). The fraction of sp³-hybridized carbons (Fsp3) is 0.583. The van der Waals surface area contributed by atoms with Crippen LogP contribution in [-0.2, 0) is 4.79 Å². The van der Waals surface area contributed by atoms with Crippen LogP contribution in [0.15, 0.2) is 48.5 Å². The van der Waals surface area contributed by atoms with Crippen LogP contribution in [0.1, 0.15) is 69.9 Å². The summed E-state index contributed by atoms with van der Waals surface area (Å²) in [7, 11) is 4.01. The van der Waals surface area contributed by atoms with E-state index in [1.54, 1.807) is 14.7 Å². The topological polar surface area (TPSA) is 79.4 Å². The van der Waals surface area contributed by atoms with Crippen LogP contribution in [0.25, 0.3) is 0 Å². The largest absolute Gasteiger partial charge is 0.354 e. The molecule has 1 fully saturated rings. The molecular formula is C36H56N6O3.